The van der Waals surface area contributed by atoms with Crippen molar-refractivity contribution in [1.82, 2.24) is 4.31 Å². The van der Waals surface area contributed by atoms with Gasteiger partial charge in [0.25, 0.3) is 0 Å². The van der Waals surface area contributed by atoms with Crippen LogP contribution in [-0.2, 0) is 16.4 Å². The van der Waals surface area contributed by atoms with Crippen molar-refractivity contribution in [3.63, 3.8) is 0 Å². The fourth-order valence-electron chi connectivity index (χ4n) is 3.09. The van der Waals surface area contributed by atoms with Crippen molar-refractivity contribution >= 4 is 21.6 Å². The van der Waals surface area contributed by atoms with Gasteiger partial charge in [-0.3, -0.25) is 0 Å². The molecule has 1 aliphatic heterocycles. The number of halogens is 1. The number of nitrogens with zero attached hydrogens (tertiary/aromatic N) is 1. The van der Waals surface area contributed by atoms with Crippen LogP contribution in [0.5, 0.6) is 0 Å². The summed E-state index contributed by atoms with van der Waals surface area (Å²) in [5.41, 5.74) is 2.42. The van der Waals surface area contributed by atoms with Crippen LogP contribution in [0.4, 0.5) is 0 Å². The van der Waals surface area contributed by atoms with E-state index in [1.807, 2.05) is 18.2 Å². The Morgan fingerprint density at radius 2 is 1.75 bits per heavy atom. The highest BCUT2D eigenvalue weighted by Crippen LogP contribution is 2.54. The normalized spacial score (nSPS) is 26.9. The highest BCUT2D eigenvalue weighted by molar-refractivity contribution is 7.89. The number of fused-ring (bicyclic) bond motifs is 3. The molecule has 0 bridgehead atoms. The first-order valence-corrected chi connectivity index (χ1v) is 8.28. The lowest BCUT2D eigenvalue weighted by molar-refractivity contribution is 0.541. The van der Waals surface area contributed by atoms with Crippen LogP contribution in [0, 0.1) is 0 Å². The first-order valence-electron chi connectivity index (χ1n) is 6.46. The second kappa shape index (κ2) is 4.07. The third-order valence-electron chi connectivity index (χ3n) is 4.07. The lowest BCUT2D eigenvalue weighted by Gasteiger charge is -2.11. The Labute approximate surface area is 122 Å². The molecule has 1 heterocycles. The van der Waals surface area contributed by atoms with E-state index in [9.17, 15) is 8.42 Å². The van der Waals surface area contributed by atoms with Crippen LogP contribution in [0.3, 0.4) is 0 Å². The molecular formula is C15H12ClNO2S. The summed E-state index contributed by atoms with van der Waals surface area (Å²) in [4.78, 5) is 0.314. The van der Waals surface area contributed by atoms with Gasteiger partial charge < -0.3 is 0 Å². The van der Waals surface area contributed by atoms with Crippen LogP contribution >= 0.6 is 11.6 Å². The third-order valence-corrected chi connectivity index (χ3v) is 6.24. The lowest BCUT2D eigenvalue weighted by Crippen LogP contribution is -2.17. The highest BCUT2D eigenvalue weighted by atomic mass is 35.5. The molecular weight excluding hydrogens is 294 g/mol. The minimum Gasteiger partial charge on any atom is -0.207 e. The van der Waals surface area contributed by atoms with Gasteiger partial charge in [0.15, 0.2) is 0 Å². The maximum absolute atomic E-state index is 12.6. The van der Waals surface area contributed by atoms with Crippen LogP contribution in [0.1, 0.15) is 17.2 Å². The Morgan fingerprint density at radius 1 is 1.05 bits per heavy atom. The average molecular weight is 306 g/mol. The molecule has 1 saturated heterocycles. The number of hydrogen-bond acceptors (Lipinski definition) is 2. The summed E-state index contributed by atoms with van der Waals surface area (Å²) in [6.45, 7) is 0. The smallest absolute Gasteiger partial charge is 0.207 e. The minimum absolute atomic E-state index is 0.0203. The Hall–Kier alpha value is -1.36. The molecule has 3 unspecified atom stereocenters. The van der Waals surface area contributed by atoms with Crippen LogP contribution in [-0.4, -0.2) is 18.8 Å². The Bertz CT molecular complexity index is 786. The quantitative estimate of drug-likeness (QED) is 0.800. The molecule has 0 amide bonds. The molecule has 1 aliphatic carbocycles. The topological polar surface area (TPSA) is 37.1 Å². The fraction of sp³-hybridized carbons (Fsp3) is 0.200. The molecule has 4 rings (SSSR count). The van der Waals surface area contributed by atoms with E-state index in [0.717, 1.165) is 12.0 Å². The minimum atomic E-state index is -3.41. The van der Waals surface area contributed by atoms with Gasteiger partial charge in [0.2, 0.25) is 10.0 Å². The second-order valence-electron chi connectivity index (χ2n) is 5.20. The van der Waals surface area contributed by atoms with Gasteiger partial charge in [0.05, 0.1) is 17.0 Å². The first kappa shape index (κ1) is 12.4. The van der Waals surface area contributed by atoms with E-state index in [-0.39, 0.29) is 12.1 Å². The Balaban J connectivity index is 1.70. The SMILES string of the molecule is O=S(=O)(c1ccc(Cl)cc1)N1C2Cc3ccccc3C21. The van der Waals surface area contributed by atoms with Crippen molar-refractivity contribution in [2.45, 2.75) is 23.4 Å². The van der Waals surface area contributed by atoms with E-state index in [2.05, 4.69) is 6.07 Å². The van der Waals surface area contributed by atoms with Gasteiger partial charge in [0, 0.05) is 5.02 Å². The van der Waals surface area contributed by atoms with Crippen LogP contribution < -0.4 is 0 Å². The van der Waals surface area contributed by atoms with Gasteiger partial charge in [0.1, 0.15) is 0 Å². The lowest BCUT2D eigenvalue weighted by atomic mass is 10.1. The summed E-state index contributed by atoms with van der Waals surface area (Å²) in [5.74, 6) is 0. The van der Waals surface area contributed by atoms with Crippen molar-refractivity contribution in [2.24, 2.45) is 0 Å². The van der Waals surface area contributed by atoms with E-state index < -0.39 is 10.0 Å². The van der Waals surface area contributed by atoms with Crippen LogP contribution in [0.15, 0.2) is 53.4 Å². The molecule has 3 nitrogen and oxygen atoms in total. The molecule has 0 saturated carbocycles. The predicted molar refractivity (Wildman–Crippen MR) is 77.2 cm³/mol. The van der Waals surface area contributed by atoms with Gasteiger partial charge >= 0.3 is 0 Å². The number of benzene rings is 2. The molecule has 102 valence electrons. The summed E-state index contributed by atoms with van der Waals surface area (Å²) >= 11 is 5.81. The molecule has 2 aromatic rings. The molecule has 20 heavy (non-hydrogen) atoms. The van der Waals surface area contributed by atoms with Gasteiger partial charge in [-0.15, -0.1) is 0 Å². The average Bonchev–Trinajstić information content (AvgIpc) is 3.04. The van der Waals surface area contributed by atoms with Crippen LogP contribution in [0.2, 0.25) is 5.02 Å². The zero-order chi connectivity index (χ0) is 13.9. The van der Waals surface area contributed by atoms with E-state index in [1.165, 1.54) is 5.56 Å². The third kappa shape index (κ3) is 1.65. The largest absolute Gasteiger partial charge is 0.244 e. The molecule has 2 aromatic carbocycles. The van der Waals surface area contributed by atoms with E-state index in [0.29, 0.717) is 9.92 Å². The van der Waals surface area contributed by atoms with Crippen molar-refractivity contribution in [3.8, 4) is 0 Å². The summed E-state index contributed by atoms with van der Waals surface area (Å²) in [5, 5.41) is 0.542. The molecule has 2 aliphatic rings. The predicted octanol–water partition coefficient (Wildman–Crippen LogP) is 3.01. The number of sulfonamides is 1. The Kier molecular flexibility index (Phi) is 2.52. The van der Waals surface area contributed by atoms with E-state index in [1.54, 1.807) is 28.6 Å². The summed E-state index contributed by atoms with van der Waals surface area (Å²) in [6.07, 6.45) is 0.813. The summed E-state index contributed by atoms with van der Waals surface area (Å²) < 4.78 is 26.8. The van der Waals surface area contributed by atoms with Gasteiger partial charge in [-0.05, 0) is 41.8 Å². The van der Waals surface area contributed by atoms with Crippen molar-refractivity contribution in [1.29, 1.82) is 0 Å². The summed E-state index contributed by atoms with van der Waals surface area (Å²) in [6, 6.07) is 14.5. The fourth-order valence-corrected chi connectivity index (χ4v) is 4.99. The zero-order valence-electron chi connectivity index (χ0n) is 10.5. The Morgan fingerprint density at radius 3 is 2.50 bits per heavy atom. The van der Waals surface area contributed by atoms with E-state index in [4.69, 9.17) is 11.6 Å². The van der Waals surface area contributed by atoms with Gasteiger partial charge in [-0.1, -0.05) is 35.9 Å². The molecule has 3 atom stereocenters. The molecule has 0 N–H and O–H groups in total. The van der Waals surface area contributed by atoms with Crippen LogP contribution in [0.25, 0.3) is 0 Å². The maximum atomic E-state index is 12.6. The zero-order valence-corrected chi connectivity index (χ0v) is 12.1. The molecule has 5 heteroatoms. The monoisotopic (exact) mass is 305 g/mol. The van der Waals surface area contributed by atoms with Crippen molar-refractivity contribution in [3.05, 3.63) is 64.7 Å². The second-order valence-corrected chi connectivity index (χ2v) is 7.48. The molecule has 1 fully saturated rings. The summed E-state index contributed by atoms with van der Waals surface area (Å²) in [7, 11) is -3.41. The maximum Gasteiger partial charge on any atom is 0.244 e. The van der Waals surface area contributed by atoms with Crippen molar-refractivity contribution < 1.29 is 8.42 Å². The first-order chi connectivity index (χ1) is 9.59. The highest BCUT2D eigenvalue weighted by Gasteiger charge is 2.59. The molecule has 0 radical (unpaired) electrons. The van der Waals surface area contributed by atoms with Gasteiger partial charge in [-0.25, -0.2) is 8.42 Å². The van der Waals surface area contributed by atoms with Crippen molar-refractivity contribution in [2.75, 3.05) is 0 Å². The van der Waals surface area contributed by atoms with E-state index >= 15 is 0 Å². The molecule has 0 aromatic heterocycles. The standard InChI is InChI=1S/C15H12ClNO2S/c16-11-5-7-12(8-6-11)20(18,19)17-14-9-10-3-1-2-4-13(10)15(14)17/h1-8,14-15H,9H2. The number of hydrogen-bond donors (Lipinski definition) is 0. The van der Waals surface area contributed by atoms with Gasteiger partial charge in [-0.2, -0.15) is 4.31 Å². The number of rotatable bonds is 2. The molecule has 0 spiro atoms.